The molecule has 0 saturated carbocycles. The van der Waals surface area contributed by atoms with Crippen LogP contribution in [0.4, 0.5) is 0 Å². The number of aromatic carboxylic acids is 1. The number of carboxylic acid groups (broad SMARTS) is 1. The van der Waals surface area contributed by atoms with E-state index >= 15 is 0 Å². The maximum Gasteiger partial charge on any atom is 0.358 e. The lowest BCUT2D eigenvalue weighted by atomic mass is 10.1. The molecule has 0 aliphatic rings. The molecule has 0 amide bonds. The molecule has 110 valence electrons. The number of hydrogen-bond donors (Lipinski definition) is 1. The first kappa shape index (κ1) is 14.2. The molecule has 3 rings (SSSR count). The number of aromatic nitrogens is 4. The van der Waals surface area contributed by atoms with Gasteiger partial charge in [-0.05, 0) is 36.8 Å². The lowest BCUT2D eigenvalue weighted by Gasteiger charge is -2.10. The summed E-state index contributed by atoms with van der Waals surface area (Å²) in [5.74, 6) is -1.15. The zero-order valence-corrected chi connectivity index (χ0v) is 12.3. The Morgan fingerprint density at radius 3 is 2.77 bits per heavy atom. The molecule has 0 spiro atoms. The maximum atomic E-state index is 11.4. The van der Waals surface area contributed by atoms with Crippen molar-refractivity contribution in [1.29, 1.82) is 0 Å². The molecule has 0 saturated heterocycles. The second-order valence-electron chi connectivity index (χ2n) is 4.63. The highest BCUT2D eigenvalue weighted by Gasteiger charge is 2.22. The predicted octanol–water partition coefficient (Wildman–Crippen LogP) is 2.99. The van der Waals surface area contributed by atoms with Crippen molar-refractivity contribution in [2.75, 3.05) is 0 Å². The van der Waals surface area contributed by atoms with Crippen molar-refractivity contribution in [3.05, 3.63) is 59.0 Å². The quantitative estimate of drug-likeness (QED) is 0.803. The molecule has 0 bridgehead atoms. The Labute approximate surface area is 131 Å². The van der Waals surface area contributed by atoms with Gasteiger partial charge in [-0.25, -0.2) is 9.48 Å². The molecular formula is C15H11ClN4O2. The molecular weight excluding hydrogens is 304 g/mol. The Morgan fingerprint density at radius 1 is 1.27 bits per heavy atom. The van der Waals surface area contributed by atoms with Crippen molar-refractivity contribution in [2.24, 2.45) is 0 Å². The fraction of sp³-hybridized carbons (Fsp3) is 0.0667. The van der Waals surface area contributed by atoms with E-state index < -0.39 is 5.97 Å². The summed E-state index contributed by atoms with van der Waals surface area (Å²) in [4.78, 5) is 15.5. The lowest BCUT2D eigenvalue weighted by molar-refractivity contribution is 0.0691. The van der Waals surface area contributed by atoms with E-state index in [1.807, 2.05) is 6.92 Å². The van der Waals surface area contributed by atoms with Gasteiger partial charge in [0.2, 0.25) is 0 Å². The van der Waals surface area contributed by atoms with Crippen LogP contribution in [0.3, 0.4) is 0 Å². The number of carbonyl (C=O) groups is 1. The summed E-state index contributed by atoms with van der Waals surface area (Å²) in [6, 6.07) is 8.83. The molecule has 22 heavy (non-hydrogen) atoms. The number of nitrogens with zero attached hydrogens (tertiary/aromatic N) is 4. The van der Waals surface area contributed by atoms with Crippen LogP contribution in [0.25, 0.3) is 16.9 Å². The van der Waals surface area contributed by atoms with E-state index in [4.69, 9.17) is 11.6 Å². The first-order valence-electron chi connectivity index (χ1n) is 6.44. The van der Waals surface area contributed by atoms with E-state index in [1.54, 1.807) is 42.7 Å². The van der Waals surface area contributed by atoms with Crippen molar-refractivity contribution in [3.8, 4) is 16.9 Å². The number of pyridine rings is 1. The van der Waals surface area contributed by atoms with E-state index in [-0.39, 0.29) is 5.69 Å². The predicted molar refractivity (Wildman–Crippen MR) is 81.3 cm³/mol. The van der Waals surface area contributed by atoms with Crippen molar-refractivity contribution in [2.45, 2.75) is 6.92 Å². The van der Waals surface area contributed by atoms with Gasteiger partial charge in [-0.1, -0.05) is 22.9 Å². The van der Waals surface area contributed by atoms with Crippen LogP contribution >= 0.6 is 11.6 Å². The van der Waals surface area contributed by atoms with Gasteiger partial charge in [0.25, 0.3) is 0 Å². The number of hydrogen-bond acceptors (Lipinski definition) is 4. The van der Waals surface area contributed by atoms with Crippen LogP contribution in [-0.2, 0) is 0 Å². The van der Waals surface area contributed by atoms with E-state index in [2.05, 4.69) is 15.3 Å². The summed E-state index contributed by atoms with van der Waals surface area (Å²) in [5.41, 5.74) is 2.31. The zero-order chi connectivity index (χ0) is 15.7. The first-order valence-corrected chi connectivity index (χ1v) is 6.82. The lowest BCUT2D eigenvalue weighted by Crippen LogP contribution is -2.04. The molecule has 0 aliphatic carbocycles. The Hall–Kier alpha value is -2.73. The summed E-state index contributed by atoms with van der Waals surface area (Å²) in [7, 11) is 0. The van der Waals surface area contributed by atoms with Gasteiger partial charge in [-0.15, -0.1) is 5.10 Å². The third-order valence-corrected chi connectivity index (χ3v) is 3.68. The minimum atomic E-state index is -1.15. The van der Waals surface area contributed by atoms with Crippen molar-refractivity contribution < 1.29 is 9.90 Å². The van der Waals surface area contributed by atoms with Crippen LogP contribution in [0.15, 0.2) is 42.7 Å². The maximum absolute atomic E-state index is 11.4. The van der Waals surface area contributed by atoms with Gasteiger partial charge < -0.3 is 5.11 Å². The van der Waals surface area contributed by atoms with Crippen LogP contribution in [0.2, 0.25) is 5.02 Å². The van der Waals surface area contributed by atoms with Crippen molar-refractivity contribution in [3.63, 3.8) is 0 Å². The molecule has 0 atom stereocenters. The average Bonchev–Trinajstić information content (AvgIpc) is 2.96. The van der Waals surface area contributed by atoms with Crippen LogP contribution in [0, 0.1) is 6.92 Å². The topological polar surface area (TPSA) is 80.9 Å². The summed E-state index contributed by atoms with van der Waals surface area (Å²) < 4.78 is 1.47. The Kier molecular flexibility index (Phi) is 3.60. The highest BCUT2D eigenvalue weighted by atomic mass is 35.5. The molecule has 1 N–H and O–H groups in total. The second kappa shape index (κ2) is 5.57. The molecule has 3 aromatic rings. The highest BCUT2D eigenvalue weighted by molar-refractivity contribution is 6.31. The summed E-state index contributed by atoms with van der Waals surface area (Å²) in [5, 5.41) is 17.7. The molecule has 7 heteroatoms. The Morgan fingerprint density at radius 2 is 2.09 bits per heavy atom. The average molecular weight is 315 g/mol. The van der Waals surface area contributed by atoms with Gasteiger partial charge in [-0.3, -0.25) is 4.98 Å². The minimum Gasteiger partial charge on any atom is -0.476 e. The van der Waals surface area contributed by atoms with Crippen LogP contribution in [0.5, 0.6) is 0 Å². The monoisotopic (exact) mass is 314 g/mol. The molecule has 0 unspecified atom stereocenters. The molecule has 6 nitrogen and oxygen atoms in total. The largest absolute Gasteiger partial charge is 0.476 e. The van der Waals surface area contributed by atoms with Gasteiger partial charge in [0.05, 0.1) is 5.69 Å². The third kappa shape index (κ3) is 2.33. The van der Waals surface area contributed by atoms with Gasteiger partial charge in [-0.2, -0.15) is 0 Å². The standard InChI is InChI=1S/C15H11ClN4O2/c1-9-11(16)5-2-6-12(9)20-14(10-4-3-7-17-8-10)13(15(21)22)18-19-20/h2-8H,1H3,(H,21,22). The van der Waals surface area contributed by atoms with Gasteiger partial charge in [0, 0.05) is 23.0 Å². The van der Waals surface area contributed by atoms with Crippen molar-refractivity contribution >= 4 is 17.6 Å². The number of benzene rings is 1. The number of halogens is 1. The first-order chi connectivity index (χ1) is 10.6. The second-order valence-corrected chi connectivity index (χ2v) is 5.04. The summed E-state index contributed by atoms with van der Waals surface area (Å²) in [6.45, 7) is 1.84. The Bertz CT molecular complexity index is 846. The van der Waals surface area contributed by atoms with E-state index in [9.17, 15) is 9.90 Å². The van der Waals surface area contributed by atoms with Crippen molar-refractivity contribution in [1.82, 2.24) is 20.0 Å². The van der Waals surface area contributed by atoms with Crippen LogP contribution in [0.1, 0.15) is 16.1 Å². The molecule has 1 aromatic carbocycles. The van der Waals surface area contributed by atoms with Crippen LogP contribution in [-0.4, -0.2) is 31.1 Å². The van der Waals surface area contributed by atoms with Gasteiger partial charge >= 0.3 is 5.97 Å². The Balaban J connectivity index is 2.30. The molecule has 0 fully saturated rings. The SMILES string of the molecule is Cc1c(Cl)cccc1-n1nnc(C(=O)O)c1-c1cccnc1. The van der Waals surface area contributed by atoms with Crippen LogP contribution < -0.4 is 0 Å². The minimum absolute atomic E-state index is 0.132. The zero-order valence-electron chi connectivity index (χ0n) is 11.6. The van der Waals surface area contributed by atoms with E-state index in [0.29, 0.717) is 22.0 Å². The summed E-state index contributed by atoms with van der Waals surface area (Å²) in [6.07, 6.45) is 3.18. The molecule has 2 heterocycles. The fourth-order valence-electron chi connectivity index (χ4n) is 2.18. The number of rotatable bonds is 3. The fourth-order valence-corrected chi connectivity index (χ4v) is 2.35. The number of carboxylic acids is 1. The molecule has 0 aliphatic heterocycles. The normalized spacial score (nSPS) is 10.6. The van der Waals surface area contributed by atoms with E-state index in [0.717, 1.165) is 5.56 Å². The highest BCUT2D eigenvalue weighted by Crippen LogP contribution is 2.28. The molecule has 0 radical (unpaired) electrons. The third-order valence-electron chi connectivity index (χ3n) is 3.28. The van der Waals surface area contributed by atoms with Gasteiger partial charge in [0.15, 0.2) is 5.69 Å². The smallest absolute Gasteiger partial charge is 0.358 e. The molecule has 2 aromatic heterocycles. The van der Waals surface area contributed by atoms with Gasteiger partial charge in [0.1, 0.15) is 5.69 Å². The summed E-state index contributed by atoms with van der Waals surface area (Å²) >= 11 is 6.14. The van der Waals surface area contributed by atoms with E-state index in [1.165, 1.54) is 4.68 Å².